The second-order valence-electron chi connectivity index (χ2n) is 10.2. The first kappa shape index (κ1) is 27.8. The van der Waals surface area contributed by atoms with Crippen molar-refractivity contribution < 1.29 is 41.2 Å². The van der Waals surface area contributed by atoms with Crippen molar-refractivity contribution in [3.63, 3.8) is 0 Å². The Morgan fingerprint density at radius 3 is 2.14 bits per heavy atom. The van der Waals surface area contributed by atoms with E-state index in [0.717, 1.165) is 27.6 Å². The Morgan fingerprint density at radius 1 is 0.791 bits per heavy atom. The molecular weight excluding hydrogens is 564 g/mol. The van der Waals surface area contributed by atoms with E-state index in [1.165, 1.54) is 0 Å². The molecule has 2 aliphatic carbocycles. The number of nitrogen functional groups attached to an aromatic ring is 1. The number of anilines is 1. The van der Waals surface area contributed by atoms with Gasteiger partial charge in [0.1, 0.15) is 18.0 Å². The molecule has 0 spiro atoms. The lowest BCUT2D eigenvalue weighted by Crippen LogP contribution is -3.00. The predicted octanol–water partition coefficient (Wildman–Crippen LogP) is 2.42. The lowest BCUT2D eigenvalue weighted by Gasteiger charge is -2.16. The van der Waals surface area contributed by atoms with E-state index in [2.05, 4.69) is 29.3 Å². The molecular formula is C35H25ClN2O5. The summed E-state index contributed by atoms with van der Waals surface area (Å²) in [4.78, 5) is 27.8. The first-order chi connectivity index (χ1) is 20.5. The van der Waals surface area contributed by atoms with Crippen LogP contribution in [0.1, 0.15) is 27.4 Å². The Bertz CT molecular complexity index is 2040. The fourth-order valence-electron chi connectivity index (χ4n) is 5.91. The average molecular weight is 589 g/mol. The highest BCUT2D eigenvalue weighted by Gasteiger charge is 2.30. The molecule has 0 saturated heterocycles. The molecule has 1 aliphatic heterocycles. The van der Waals surface area contributed by atoms with Gasteiger partial charge >= 0.3 is 12.1 Å². The third-order valence-corrected chi connectivity index (χ3v) is 7.76. The number of nitrogens with one attached hydrogen (secondary N) is 1. The van der Waals surface area contributed by atoms with Crippen LogP contribution >= 0.6 is 0 Å². The van der Waals surface area contributed by atoms with Crippen molar-refractivity contribution >= 4 is 28.7 Å². The Balaban J connectivity index is 0.00000329. The topological polar surface area (TPSA) is 117 Å². The van der Waals surface area contributed by atoms with Crippen LogP contribution in [-0.2, 0) is 4.74 Å². The number of ether oxygens (including phenoxy) is 1. The van der Waals surface area contributed by atoms with Gasteiger partial charge in [-0.1, -0.05) is 66.7 Å². The smallest absolute Gasteiger partial charge is 0.595 e. The highest BCUT2D eigenvalue weighted by molar-refractivity contribution is 6.07. The van der Waals surface area contributed by atoms with E-state index >= 15 is 0 Å². The molecule has 212 valence electrons. The Morgan fingerprint density at radius 2 is 1.44 bits per heavy atom. The van der Waals surface area contributed by atoms with Crippen LogP contribution in [0.2, 0.25) is 0 Å². The van der Waals surface area contributed by atoms with Crippen LogP contribution in [0.5, 0.6) is 0 Å². The van der Waals surface area contributed by atoms with E-state index in [1.807, 2.05) is 36.4 Å². The molecule has 0 saturated carbocycles. The molecule has 3 aliphatic rings. The number of carbonyl (C=O) groups is 2. The molecule has 1 heterocycles. The van der Waals surface area contributed by atoms with Gasteiger partial charge in [-0.25, -0.2) is 4.79 Å². The third-order valence-electron chi connectivity index (χ3n) is 7.76. The molecule has 0 unspecified atom stereocenters. The highest BCUT2D eigenvalue weighted by atomic mass is 35.5. The number of carboxylic acid groups (broad SMARTS) is 1. The third kappa shape index (κ3) is 4.90. The van der Waals surface area contributed by atoms with Gasteiger partial charge in [0.05, 0.1) is 11.6 Å². The molecule has 0 radical (unpaired) electrons. The lowest BCUT2D eigenvalue weighted by molar-refractivity contribution is -0.412. The second kappa shape index (κ2) is 11.1. The number of benzene rings is 5. The summed E-state index contributed by atoms with van der Waals surface area (Å²) >= 11 is 0. The van der Waals surface area contributed by atoms with Crippen molar-refractivity contribution in [3.8, 4) is 33.6 Å². The van der Waals surface area contributed by atoms with E-state index in [4.69, 9.17) is 14.9 Å². The fraction of sp³-hybridized carbons (Fsp3) is 0.0571. The van der Waals surface area contributed by atoms with Crippen LogP contribution in [-0.4, -0.2) is 23.8 Å². The van der Waals surface area contributed by atoms with Crippen molar-refractivity contribution in [1.29, 1.82) is 0 Å². The van der Waals surface area contributed by atoms with E-state index < -0.39 is 12.1 Å². The second-order valence-corrected chi connectivity index (χ2v) is 10.2. The van der Waals surface area contributed by atoms with Crippen LogP contribution < -0.4 is 28.5 Å². The van der Waals surface area contributed by atoms with Gasteiger partial charge < -0.3 is 32.4 Å². The maximum Gasteiger partial charge on any atom is 0.595 e. The molecule has 1 amide bonds. The minimum atomic E-state index is -1.03. The summed E-state index contributed by atoms with van der Waals surface area (Å²) in [6, 6.07) is 33.7. The molecule has 7 rings (SSSR count). The van der Waals surface area contributed by atoms with Crippen molar-refractivity contribution in [1.82, 2.24) is 0 Å². The Hall–Kier alpha value is -5.40. The summed E-state index contributed by atoms with van der Waals surface area (Å²) in [5.74, 6) is -0.625. The van der Waals surface area contributed by atoms with Crippen LogP contribution in [0, 0.1) is 0 Å². The number of aromatic carboxylic acids is 1. The van der Waals surface area contributed by atoms with E-state index in [9.17, 15) is 14.7 Å². The van der Waals surface area contributed by atoms with Crippen molar-refractivity contribution in [2.24, 2.45) is 0 Å². The molecule has 4 N–H and O–H groups in total. The number of hydrogen-bond acceptors (Lipinski definition) is 5. The van der Waals surface area contributed by atoms with Crippen LogP contribution in [0.3, 0.4) is 0 Å². The molecule has 8 heteroatoms. The quantitative estimate of drug-likeness (QED) is 0.215. The average Bonchev–Trinajstić information content (AvgIpc) is 3.32. The standard InChI is InChI=1S/C35H24N2O5.ClH/c36-20-13-15-28-31(17-20)42-32-18-21(14-16-29(32)33(28)26-11-5-6-12-27(26)34(38)39)37-35(40)41-19-30-24-9-3-1-7-22(24)23-8-2-4-10-25(23)30;/h1-18,30H,19,36H2,(H,38,39);1H/b37-21+;. The minimum absolute atomic E-state index is 0. The number of halogens is 1. The van der Waals surface area contributed by atoms with Crippen molar-refractivity contribution in [2.45, 2.75) is 5.92 Å². The summed E-state index contributed by atoms with van der Waals surface area (Å²) in [5, 5.41) is 11.1. The minimum Gasteiger partial charge on any atom is -1.00 e. The van der Waals surface area contributed by atoms with Gasteiger partial charge in [-0.05, 0) is 52.1 Å². The van der Waals surface area contributed by atoms with Crippen molar-refractivity contribution in [2.75, 3.05) is 12.3 Å². The van der Waals surface area contributed by atoms with E-state index in [-0.39, 0.29) is 30.5 Å². The molecule has 0 aromatic heterocycles. The zero-order valence-corrected chi connectivity index (χ0v) is 23.5. The summed E-state index contributed by atoms with van der Waals surface area (Å²) in [7, 11) is 0. The van der Waals surface area contributed by atoms with Gasteiger partial charge in [0, 0.05) is 40.3 Å². The van der Waals surface area contributed by atoms with Gasteiger partial charge in [-0.3, -0.25) is 0 Å². The summed E-state index contributed by atoms with van der Waals surface area (Å²) in [6.07, 6.45) is -0.585. The maximum atomic E-state index is 12.9. The Labute approximate surface area is 252 Å². The highest BCUT2D eigenvalue weighted by Crippen LogP contribution is 2.44. The molecule has 4 aromatic carbocycles. The first-order valence-electron chi connectivity index (χ1n) is 13.5. The fourth-order valence-corrected chi connectivity index (χ4v) is 5.91. The normalized spacial score (nSPS) is 12.5. The number of rotatable bonds is 4. The monoisotopic (exact) mass is 588 g/mol. The van der Waals surface area contributed by atoms with Crippen LogP contribution in [0.4, 0.5) is 10.5 Å². The number of fused-ring (bicyclic) bond motifs is 5. The summed E-state index contributed by atoms with van der Waals surface area (Å²) in [6.45, 7) is 0.192. The number of nitrogens with two attached hydrogens (primary N) is 1. The largest absolute Gasteiger partial charge is 1.00 e. The number of carbonyl (C=O) groups excluding carboxylic acids is 1. The van der Waals surface area contributed by atoms with Gasteiger partial charge in [0.25, 0.3) is 0 Å². The van der Waals surface area contributed by atoms with Crippen LogP contribution in [0.15, 0.2) is 114 Å². The van der Waals surface area contributed by atoms with E-state index in [1.54, 1.807) is 48.5 Å². The zero-order chi connectivity index (χ0) is 28.8. The summed E-state index contributed by atoms with van der Waals surface area (Å²) < 4.78 is 11.9. The molecule has 43 heavy (non-hydrogen) atoms. The molecule has 0 bridgehead atoms. The molecule has 0 atom stereocenters. The maximum absolute atomic E-state index is 12.9. The van der Waals surface area contributed by atoms with Gasteiger partial charge in [-0.2, -0.15) is 4.79 Å². The van der Waals surface area contributed by atoms with Gasteiger partial charge in [-0.15, -0.1) is 4.99 Å². The summed E-state index contributed by atoms with van der Waals surface area (Å²) in [5.41, 5.74) is 13.8. The number of amides is 1. The number of carboxylic acids is 1. The van der Waals surface area contributed by atoms with Crippen LogP contribution in [0.25, 0.3) is 44.5 Å². The molecule has 7 nitrogen and oxygen atoms in total. The number of hydrogen-bond donors (Lipinski definition) is 3. The van der Waals surface area contributed by atoms with Gasteiger partial charge in [0.2, 0.25) is 5.36 Å². The van der Waals surface area contributed by atoms with Gasteiger partial charge in [0.15, 0.2) is 0 Å². The SMILES string of the molecule is Nc1ccc2c(-c3ccccc3C(=O)O)c3cc/c(=[NH+]\C(=O)OCC4c5ccccc5-c5ccccc54)cc-3oc2c1.[Cl-]. The predicted molar refractivity (Wildman–Crippen MR) is 159 cm³/mol. The lowest BCUT2D eigenvalue weighted by atomic mass is 9.91. The molecule has 0 fully saturated rings. The molecule has 4 aromatic rings. The Kier molecular flexibility index (Phi) is 7.17. The zero-order valence-electron chi connectivity index (χ0n) is 22.7. The van der Waals surface area contributed by atoms with Crippen molar-refractivity contribution in [3.05, 3.63) is 131 Å². The van der Waals surface area contributed by atoms with E-state index in [0.29, 0.717) is 39.1 Å². The first-order valence-corrected chi connectivity index (χ1v) is 13.5.